The molecule has 1 aromatic heterocycles. The molecule has 2 aliphatic heterocycles. The van der Waals surface area contributed by atoms with Crippen LogP contribution in [0.4, 0.5) is 4.79 Å². The molecule has 7 heteroatoms. The van der Waals surface area contributed by atoms with Gasteiger partial charge in [-0.1, -0.05) is 13.3 Å². The number of ether oxygens (including phenoxy) is 1. The third kappa shape index (κ3) is 4.03. The second-order valence-corrected chi connectivity index (χ2v) is 8.50. The van der Waals surface area contributed by atoms with Gasteiger partial charge in [-0.2, -0.15) is 0 Å². The van der Waals surface area contributed by atoms with Crippen LogP contribution in [0.2, 0.25) is 0 Å². The Bertz CT molecular complexity index is 652. The summed E-state index contributed by atoms with van der Waals surface area (Å²) in [6, 6.07) is 0.217. The maximum absolute atomic E-state index is 12.5. The van der Waals surface area contributed by atoms with E-state index in [0.717, 1.165) is 37.8 Å². The van der Waals surface area contributed by atoms with E-state index in [4.69, 9.17) is 4.74 Å². The molecule has 1 aromatic rings. The van der Waals surface area contributed by atoms with Crippen LogP contribution in [0.1, 0.15) is 56.5 Å². The number of rotatable bonds is 6. The van der Waals surface area contributed by atoms with Crippen molar-refractivity contribution in [1.82, 2.24) is 14.8 Å². The minimum atomic E-state index is -0.399. The molecule has 0 radical (unpaired) electrons. The highest BCUT2D eigenvalue weighted by Crippen LogP contribution is 2.35. The zero-order valence-corrected chi connectivity index (χ0v) is 16.8. The molecule has 1 spiro atoms. The minimum absolute atomic E-state index is 0.188. The van der Waals surface area contributed by atoms with E-state index in [0.29, 0.717) is 26.1 Å². The molecule has 0 saturated carbocycles. The van der Waals surface area contributed by atoms with Gasteiger partial charge in [-0.3, -0.25) is 4.79 Å². The van der Waals surface area contributed by atoms with Crippen molar-refractivity contribution in [2.24, 2.45) is 0 Å². The lowest BCUT2D eigenvalue weighted by Crippen LogP contribution is -2.49. The van der Waals surface area contributed by atoms with Crippen molar-refractivity contribution in [2.45, 2.75) is 70.9 Å². The fourth-order valence-electron chi connectivity index (χ4n) is 3.93. The van der Waals surface area contributed by atoms with Crippen molar-refractivity contribution in [3.8, 4) is 0 Å². The number of likely N-dealkylation sites (tertiary alicyclic amines) is 1. The van der Waals surface area contributed by atoms with Crippen LogP contribution in [0.15, 0.2) is 5.51 Å². The summed E-state index contributed by atoms with van der Waals surface area (Å²) in [5, 5.41) is 0. The summed E-state index contributed by atoms with van der Waals surface area (Å²) in [5.74, 6) is 0.188. The molecular weight excluding hydrogens is 350 g/mol. The lowest BCUT2D eigenvalue weighted by molar-refractivity contribution is -0.134. The Labute approximate surface area is 159 Å². The number of carbonyl (C=O) groups excluding carboxylic acids is 2. The molecule has 0 aliphatic carbocycles. The van der Waals surface area contributed by atoms with Crippen molar-refractivity contribution < 1.29 is 14.3 Å². The number of aromatic nitrogens is 1. The topological polar surface area (TPSA) is 62.7 Å². The monoisotopic (exact) mass is 379 g/mol. The van der Waals surface area contributed by atoms with Crippen LogP contribution in [0.3, 0.4) is 0 Å². The van der Waals surface area contributed by atoms with Gasteiger partial charge in [0.25, 0.3) is 0 Å². The average Bonchev–Trinajstić information content (AvgIpc) is 3.17. The van der Waals surface area contributed by atoms with Gasteiger partial charge in [0, 0.05) is 43.3 Å². The predicted molar refractivity (Wildman–Crippen MR) is 101 cm³/mol. The molecule has 0 unspecified atom stereocenters. The fraction of sp³-hybridized carbons (Fsp3) is 0.737. The summed E-state index contributed by atoms with van der Waals surface area (Å²) in [5.41, 5.74) is 2.46. The number of nitrogens with zero attached hydrogens (tertiary/aromatic N) is 3. The molecule has 0 aromatic carbocycles. The van der Waals surface area contributed by atoms with Gasteiger partial charge < -0.3 is 14.5 Å². The van der Waals surface area contributed by atoms with Crippen LogP contribution >= 0.6 is 11.3 Å². The van der Waals surface area contributed by atoms with Gasteiger partial charge in [0.2, 0.25) is 5.91 Å². The summed E-state index contributed by atoms with van der Waals surface area (Å²) in [6.07, 6.45) is 4.61. The first-order chi connectivity index (χ1) is 12.4. The van der Waals surface area contributed by atoms with Crippen molar-refractivity contribution >= 4 is 23.3 Å². The Morgan fingerprint density at radius 1 is 1.42 bits per heavy atom. The van der Waals surface area contributed by atoms with Crippen LogP contribution in [0.25, 0.3) is 0 Å². The van der Waals surface area contributed by atoms with Crippen LogP contribution < -0.4 is 0 Å². The van der Waals surface area contributed by atoms with E-state index < -0.39 is 5.60 Å². The summed E-state index contributed by atoms with van der Waals surface area (Å²) in [4.78, 5) is 34.0. The normalized spacial score (nSPS) is 20.5. The van der Waals surface area contributed by atoms with Gasteiger partial charge >= 0.3 is 6.09 Å². The second-order valence-electron chi connectivity index (χ2n) is 7.56. The highest BCUT2D eigenvalue weighted by Gasteiger charge is 2.48. The smallest absolute Gasteiger partial charge is 0.410 e. The van der Waals surface area contributed by atoms with Crippen molar-refractivity contribution in [1.29, 1.82) is 0 Å². The van der Waals surface area contributed by atoms with Gasteiger partial charge in [-0.05, 0) is 26.7 Å². The summed E-state index contributed by atoms with van der Waals surface area (Å²) in [7, 11) is 0. The van der Waals surface area contributed by atoms with E-state index >= 15 is 0 Å². The highest BCUT2D eigenvalue weighted by atomic mass is 32.1. The number of aryl methyl sites for hydroxylation is 2. The second kappa shape index (κ2) is 7.94. The SMILES string of the molecule is CCC[C@H](C)N1CC2(CCN(C(=O)CCc3scnc3C)CC2)OC1=O. The summed E-state index contributed by atoms with van der Waals surface area (Å²) in [6.45, 7) is 8.21. The fourth-order valence-corrected chi connectivity index (χ4v) is 4.71. The molecule has 2 saturated heterocycles. The molecule has 144 valence electrons. The molecule has 3 rings (SSSR count). The first-order valence-electron chi connectivity index (χ1n) is 9.60. The molecule has 3 heterocycles. The zero-order valence-electron chi connectivity index (χ0n) is 16.0. The Morgan fingerprint density at radius 2 is 2.15 bits per heavy atom. The van der Waals surface area contributed by atoms with E-state index in [1.807, 2.05) is 22.2 Å². The number of amides is 2. The molecular formula is C19H29N3O3S. The first kappa shape index (κ1) is 19.1. The largest absolute Gasteiger partial charge is 0.441 e. The molecule has 2 aliphatic rings. The third-order valence-corrected chi connectivity index (χ3v) is 6.67. The average molecular weight is 380 g/mol. The van der Waals surface area contributed by atoms with Crippen molar-refractivity contribution in [3.63, 3.8) is 0 Å². The quantitative estimate of drug-likeness (QED) is 0.760. The van der Waals surface area contributed by atoms with Crippen LogP contribution in [0, 0.1) is 6.92 Å². The van der Waals surface area contributed by atoms with Crippen molar-refractivity contribution in [3.05, 3.63) is 16.1 Å². The van der Waals surface area contributed by atoms with E-state index in [1.54, 1.807) is 11.3 Å². The zero-order chi connectivity index (χ0) is 18.7. The summed E-state index contributed by atoms with van der Waals surface area (Å²) >= 11 is 1.62. The first-order valence-corrected chi connectivity index (χ1v) is 10.5. The summed E-state index contributed by atoms with van der Waals surface area (Å²) < 4.78 is 5.77. The van der Waals surface area contributed by atoms with Crippen LogP contribution in [0.5, 0.6) is 0 Å². The third-order valence-electron chi connectivity index (χ3n) is 5.67. The number of hydrogen-bond donors (Lipinski definition) is 0. The van der Waals surface area contributed by atoms with Gasteiger partial charge in [-0.15, -0.1) is 11.3 Å². The van der Waals surface area contributed by atoms with Crippen molar-refractivity contribution in [2.75, 3.05) is 19.6 Å². The Balaban J connectivity index is 1.50. The maximum atomic E-state index is 12.5. The highest BCUT2D eigenvalue weighted by molar-refractivity contribution is 7.09. The predicted octanol–water partition coefficient (Wildman–Crippen LogP) is 3.39. The lowest BCUT2D eigenvalue weighted by atomic mass is 9.90. The molecule has 26 heavy (non-hydrogen) atoms. The maximum Gasteiger partial charge on any atom is 0.410 e. The molecule has 0 N–H and O–H groups in total. The van der Waals surface area contributed by atoms with Gasteiger partial charge in [0.05, 0.1) is 17.7 Å². The number of carbonyl (C=O) groups is 2. The molecule has 6 nitrogen and oxygen atoms in total. The molecule has 2 fully saturated rings. The van der Waals surface area contributed by atoms with E-state index in [9.17, 15) is 9.59 Å². The molecule has 2 amide bonds. The van der Waals surface area contributed by atoms with Crippen LogP contribution in [-0.4, -0.2) is 58.1 Å². The van der Waals surface area contributed by atoms with Gasteiger partial charge in [-0.25, -0.2) is 9.78 Å². The van der Waals surface area contributed by atoms with Gasteiger partial charge in [0.15, 0.2) is 0 Å². The minimum Gasteiger partial charge on any atom is -0.441 e. The lowest BCUT2D eigenvalue weighted by Gasteiger charge is -2.37. The Kier molecular flexibility index (Phi) is 5.85. The Hall–Kier alpha value is -1.63. The number of thiazole rings is 1. The van der Waals surface area contributed by atoms with E-state index in [1.165, 1.54) is 4.88 Å². The molecule has 1 atom stereocenters. The van der Waals surface area contributed by atoms with E-state index in [2.05, 4.69) is 18.8 Å². The van der Waals surface area contributed by atoms with Crippen LogP contribution in [-0.2, 0) is 16.0 Å². The standard InChI is InChI=1S/C19H29N3O3S/c1-4-5-14(2)22-12-19(25-18(22)24)8-10-21(11-9-19)17(23)7-6-16-15(3)20-13-26-16/h13-14H,4-12H2,1-3H3/t14-/m0/s1. The molecule has 0 bridgehead atoms. The van der Waals surface area contributed by atoms with E-state index in [-0.39, 0.29) is 18.0 Å². The Morgan fingerprint density at radius 3 is 2.77 bits per heavy atom. The number of hydrogen-bond acceptors (Lipinski definition) is 5. The van der Waals surface area contributed by atoms with Gasteiger partial charge in [0.1, 0.15) is 5.60 Å². The number of piperidine rings is 1.